The van der Waals surface area contributed by atoms with Crippen molar-refractivity contribution < 1.29 is 18.1 Å². The first-order chi connectivity index (χ1) is 15.3. The van der Waals surface area contributed by atoms with Crippen LogP contribution in [0.1, 0.15) is 40.3 Å². The van der Waals surface area contributed by atoms with E-state index in [0.29, 0.717) is 28.2 Å². The summed E-state index contributed by atoms with van der Waals surface area (Å²) in [4.78, 5) is 15.9. The highest BCUT2D eigenvalue weighted by atomic mass is 19.1. The molecule has 1 aromatic carbocycles. The Bertz CT molecular complexity index is 1520. The van der Waals surface area contributed by atoms with Gasteiger partial charge in [-0.25, -0.2) is 8.78 Å². The largest absolute Gasteiger partial charge is 0.361 e. The van der Waals surface area contributed by atoms with E-state index >= 15 is 4.39 Å². The summed E-state index contributed by atoms with van der Waals surface area (Å²) in [6.45, 7) is 4.91. The number of nitrogens with zero attached hydrogens (tertiary/aromatic N) is 6. The van der Waals surface area contributed by atoms with Crippen molar-refractivity contribution in [2.45, 2.75) is 27.2 Å². The van der Waals surface area contributed by atoms with Crippen molar-refractivity contribution in [2.24, 2.45) is 0 Å². The van der Waals surface area contributed by atoms with Crippen LogP contribution in [-0.4, -0.2) is 35.7 Å². The van der Waals surface area contributed by atoms with Gasteiger partial charge >= 0.3 is 0 Å². The summed E-state index contributed by atoms with van der Waals surface area (Å²) >= 11 is 0. The number of ketones is 1. The maximum absolute atomic E-state index is 15.5. The Kier molecular flexibility index (Phi) is 4.50. The van der Waals surface area contributed by atoms with Crippen molar-refractivity contribution in [1.82, 2.24) is 30.0 Å². The number of hydrogen-bond acceptors (Lipinski definition) is 7. The number of benzene rings is 1. The highest BCUT2D eigenvalue weighted by Crippen LogP contribution is 2.31. The molecule has 0 N–H and O–H groups in total. The Morgan fingerprint density at radius 2 is 1.97 bits per heavy atom. The molecule has 0 saturated heterocycles. The first kappa shape index (κ1) is 19.9. The van der Waals surface area contributed by atoms with Gasteiger partial charge in [-0.15, -0.1) is 10.2 Å². The summed E-state index contributed by atoms with van der Waals surface area (Å²) in [5.41, 5.74) is 2.54. The predicted molar refractivity (Wildman–Crippen MR) is 110 cm³/mol. The van der Waals surface area contributed by atoms with Crippen LogP contribution in [0.2, 0.25) is 0 Å². The molecule has 0 amide bonds. The van der Waals surface area contributed by atoms with Gasteiger partial charge in [0.2, 0.25) is 0 Å². The minimum absolute atomic E-state index is 0.158. The van der Waals surface area contributed by atoms with E-state index in [-0.39, 0.29) is 40.2 Å². The Morgan fingerprint density at radius 1 is 1.16 bits per heavy atom. The van der Waals surface area contributed by atoms with Gasteiger partial charge in [0, 0.05) is 47.7 Å². The second-order valence-electron chi connectivity index (χ2n) is 7.48. The fourth-order valence-corrected chi connectivity index (χ4v) is 3.72. The summed E-state index contributed by atoms with van der Waals surface area (Å²) in [6, 6.07) is 5.88. The number of Topliss-reactive ketones (excluding diaryl/α,β-unsaturated/α-hetero) is 1. The quantitative estimate of drug-likeness (QED) is 0.394. The van der Waals surface area contributed by atoms with E-state index in [0.717, 1.165) is 0 Å². The van der Waals surface area contributed by atoms with Crippen LogP contribution in [0.15, 0.2) is 35.0 Å². The molecule has 160 valence electrons. The van der Waals surface area contributed by atoms with Gasteiger partial charge in [-0.3, -0.25) is 9.78 Å². The SMILES string of the molecule is CC(=O)c1ccc2nnc(Cc3c(F)cc4ncc(-c5c(C)noc5C)cc4c3F)n2n1. The fraction of sp³-hybridized carbons (Fsp3) is 0.182. The Balaban J connectivity index is 1.64. The lowest BCUT2D eigenvalue weighted by Crippen LogP contribution is -2.07. The number of aromatic nitrogens is 6. The molecule has 4 aromatic heterocycles. The number of hydrogen-bond donors (Lipinski definition) is 0. The van der Waals surface area contributed by atoms with E-state index in [1.165, 1.54) is 29.8 Å². The van der Waals surface area contributed by atoms with Crippen LogP contribution in [0, 0.1) is 25.5 Å². The van der Waals surface area contributed by atoms with Crippen LogP contribution in [0.5, 0.6) is 0 Å². The summed E-state index contributed by atoms with van der Waals surface area (Å²) in [5.74, 6) is -0.969. The van der Waals surface area contributed by atoms with Crippen LogP contribution >= 0.6 is 0 Å². The standard InChI is InChI=1S/C22H16F2N6O2/c1-10-21(12(3)32-29-10)13-6-15-18(25-9-13)8-16(23)14(22(15)24)7-20-27-26-19-5-4-17(11(2)31)28-30(19)20/h4-6,8-9H,7H2,1-3H3. The molecule has 0 aliphatic heterocycles. The Labute approximate surface area is 179 Å². The van der Waals surface area contributed by atoms with Crippen LogP contribution in [0.3, 0.4) is 0 Å². The normalized spacial score (nSPS) is 11.5. The highest BCUT2D eigenvalue weighted by Gasteiger charge is 2.20. The van der Waals surface area contributed by atoms with Gasteiger partial charge in [0.25, 0.3) is 0 Å². The third kappa shape index (κ3) is 3.11. The number of carbonyl (C=O) groups is 1. The van der Waals surface area contributed by atoms with E-state index in [4.69, 9.17) is 4.52 Å². The van der Waals surface area contributed by atoms with Gasteiger partial charge in [0.05, 0.1) is 11.2 Å². The van der Waals surface area contributed by atoms with Crippen LogP contribution in [0.4, 0.5) is 8.78 Å². The minimum atomic E-state index is -0.757. The molecular formula is C22H16F2N6O2. The van der Waals surface area contributed by atoms with E-state index in [1.54, 1.807) is 26.0 Å². The van der Waals surface area contributed by atoms with Crippen LogP contribution < -0.4 is 0 Å². The molecular weight excluding hydrogens is 418 g/mol. The molecule has 5 aromatic rings. The zero-order chi connectivity index (χ0) is 22.6. The van der Waals surface area contributed by atoms with Gasteiger partial charge < -0.3 is 4.52 Å². The topological polar surface area (TPSA) is 99.1 Å². The van der Waals surface area contributed by atoms with Crippen molar-refractivity contribution >= 4 is 22.3 Å². The smallest absolute Gasteiger partial charge is 0.179 e. The minimum Gasteiger partial charge on any atom is -0.361 e. The average Bonchev–Trinajstić information content (AvgIpc) is 3.33. The number of carbonyl (C=O) groups excluding carboxylic acids is 1. The maximum Gasteiger partial charge on any atom is 0.179 e. The molecule has 8 nitrogen and oxygen atoms in total. The van der Waals surface area contributed by atoms with E-state index in [9.17, 15) is 9.18 Å². The molecule has 0 spiro atoms. The lowest BCUT2D eigenvalue weighted by atomic mass is 10.0. The molecule has 0 aliphatic carbocycles. The third-order valence-electron chi connectivity index (χ3n) is 5.32. The summed E-state index contributed by atoms with van der Waals surface area (Å²) in [6.07, 6.45) is 1.32. The Hall–Kier alpha value is -4.08. The van der Waals surface area contributed by atoms with Crippen LogP contribution in [-0.2, 0) is 6.42 Å². The first-order valence-corrected chi connectivity index (χ1v) is 9.75. The first-order valence-electron chi connectivity index (χ1n) is 9.75. The average molecular weight is 434 g/mol. The van der Waals surface area contributed by atoms with Crippen LogP contribution in [0.25, 0.3) is 27.7 Å². The number of aryl methyl sites for hydroxylation is 2. The molecule has 32 heavy (non-hydrogen) atoms. The highest BCUT2D eigenvalue weighted by molar-refractivity contribution is 5.92. The van der Waals surface area contributed by atoms with Crippen molar-refractivity contribution in [1.29, 1.82) is 0 Å². The van der Waals surface area contributed by atoms with Gasteiger partial charge in [0.1, 0.15) is 23.1 Å². The number of halogens is 2. The predicted octanol–water partition coefficient (Wildman–Crippen LogP) is 4.02. The Morgan fingerprint density at radius 3 is 2.69 bits per heavy atom. The van der Waals surface area contributed by atoms with Crippen molar-refractivity contribution in [2.75, 3.05) is 0 Å². The second kappa shape index (κ2) is 7.26. The molecule has 0 aliphatic rings. The van der Waals surface area contributed by atoms with Gasteiger partial charge in [-0.05, 0) is 32.0 Å². The molecule has 4 heterocycles. The number of rotatable bonds is 4. The van der Waals surface area contributed by atoms with Crippen molar-refractivity contribution in [3.63, 3.8) is 0 Å². The van der Waals surface area contributed by atoms with E-state index in [1.807, 2.05) is 0 Å². The summed E-state index contributed by atoms with van der Waals surface area (Å²) < 4.78 is 36.9. The van der Waals surface area contributed by atoms with E-state index in [2.05, 4.69) is 25.4 Å². The van der Waals surface area contributed by atoms with Gasteiger partial charge in [0.15, 0.2) is 17.3 Å². The summed E-state index contributed by atoms with van der Waals surface area (Å²) in [7, 11) is 0. The molecule has 0 atom stereocenters. The molecule has 0 bridgehead atoms. The second-order valence-corrected chi connectivity index (χ2v) is 7.48. The van der Waals surface area contributed by atoms with Crippen molar-refractivity contribution in [3.8, 4) is 11.1 Å². The summed E-state index contributed by atoms with van der Waals surface area (Å²) in [5, 5.41) is 16.2. The lowest BCUT2D eigenvalue weighted by Gasteiger charge is -2.09. The molecule has 5 rings (SSSR count). The third-order valence-corrected chi connectivity index (χ3v) is 5.32. The molecule has 0 radical (unpaired) electrons. The molecule has 0 saturated carbocycles. The number of fused-ring (bicyclic) bond motifs is 2. The monoisotopic (exact) mass is 434 g/mol. The molecule has 10 heteroatoms. The fourth-order valence-electron chi connectivity index (χ4n) is 3.72. The lowest BCUT2D eigenvalue weighted by molar-refractivity contribution is 0.101. The molecule has 0 fully saturated rings. The molecule has 0 unspecified atom stereocenters. The van der Waals surface area contributed by atoms with E-state index < -0.39 is 11.6 Å². The zero-order valence-corrected chi connectivity index (χ0v) is 17.3. The van der Waals surface area contributed by atoms with Gasteiger partial charge in [-0.1, -0.05) is 5.16 Å². The van der Waals surface area contributed by atoms with Gasteiger partial charge in [-0.2, -0.15) is 9.61 Å². The number of pyridine rings is 1. The zero-order valence-electron chi connectivity index (χ0n) is 17.3. The maximum atomic E-state index is 15.5. The van der Waals surface area contributed by atoms with Crippen molar-refractivity contribution in [3.05, 3.63) is 70.6 Å².